The molecule has 1 aliphatic heterocycles. The van der Waals surface area contributed by atoms with Crippen LogP contribution in [0.5, 0.6) is 11.5 Å². The molecule has 5 heteroatoms. The highest BCUT2D eigenvalue weighted by molar-refractivity contribution is 5.82. The van der Waals surface area contributed by atoms with Crippen LogP contribution in [0.4, 0.5) is 0 Å². The van der Waals surface area contributed by atoms with Crippen LogP contribution in [0.25, 0.3) is 0 Å². The lowest BCUT2D eigenvalue weighted by atomic mass is 9.97. The van der Waals surface area contributed by atoms with Crippen molar-refractivity contribution in [3.05, 3.63) is 23.8 Å². The quantitative estimate of drug-likeness (QED) is 0.875. The fourth-order valence-electron chi connectivity index (χ4n) is 2.50. The topological polar surface area (TPSA) is 64.8 Å². The van der Waals surface area contributed by atoms with E-state index in [-0.39, 0.29) is 24.7 Å². The number of fused-ring (bicyclic) bond motifs is 1. The number of benzene rings is 1. The molecule has 5 nitrogen and oxygen atoms in total. The highest BCUT2D eigenvalue weighted by atomic mass is 16.7. The molecule has 1 aromatic carbocycles. The first-order valence-electron chi connectivity index (χ1n) is 7.84. The number of nitrogens with zero attached hydrogens (tertiary/aromatic N) is 1. The third kappa shape index (κ3) is 3.53. The molecule has 0 bridgehead atoms. The van der Waals surface area contributed by atoms with Crippen molar-refractivity contribution >= 4 is 5.91 Å². The Balaban J connectivity index is 1.99. The molecule has 1 heterocycles. The number of carbonyl (C=O) groups excluding carboxylic acids is 1. The largest absolute Gasteiger partial charge is 0.454 e. The molecule has 22 heavy (non-hydrogen) atoms. The molecule has 2 N–H and O–H groups in total. The summed E-state index contributed by atoms with van der Waals surface area (Å²) in [6, 6.07) is 5.54. The van der Waals surface area contributed by atoms with Crippen LogP contribution in [0.1, 0.15) is 32.8 Å². The van der Waals surface area contributed by atoms with E-state index in [1.165, 1.54) is 0 Å². The summed E-state index contributed by atoms with van der Waals surface area (Å²) >= 11 is 0. The summed E-state index contributed by atoms with van der Waals surface area (Å²) in [4.78, 5) is 14.2. The van der Waals surface area contributed by atoms with E-state index in [0.717, 1.165) is 29.9 Å². The molecule has 1 amide bonds. The lowest BCUT2D eigenvalue weighted by Crippen LogP contribution is -2.48. The smallest absolute Gasteiger partial charge is 0.239 e. The minimum atomic E-state index is -0.436. The van der Waals surface area contributed by atoms with E-state index in [9.17, 15) is 4.79 Å². The zero-order valence-corrected chi connectivity index (χ0v) is 13.8. The Morgan fingerprint density at radius 3 is 2.68 bits per heavy atom. The highest BCUT2D eigenvalue weighted by Gasteiger charge is 2.26. The Kier molecular flexibility index (Phi) is 5.29. The van der Waals surface area contributed by atoms with Gasteiger partial charge in [0.2, 0.25) is 12.7 Å². The lowest BCUT2D eigenvalue weighted by Gasteiger charge is -2.29. The van der Waals surface area contributed by atoms with Gasteiger partial charge in [-0.15, -0.1) is 0 Å². The van der Waals surface area contributed by atoms with E-state index in [1.54, 1.807) is 4.90 Å². The summed E-state index contributed by atoms with van der Waals surface area (Å²) in [6.07, 6.45) is 1.66. The second-order valence-corrected chi connectivity index (χ2v) is 6.10. The standard InChI is InChI=1S/C17H26N2O3/c1-5-11(2)16(18)17(20)19(4)12(3)8-13-6-7-14-15(9-13)22-10-21-14/h6-7,9,11-12,16H,5,8,10,18H2,1-4H3/t11-,12?,16-/m0/s1. The van der Waals surface area contributed by atoms with E-state index >= 15 is 0 Å². The van der Waals surface area contributed by atoms with Crippen LogP contribution in [0.3, 0.4) is 0 Å². The van der Waals surface area contributed by atoms with Gasteiger partial charge >= 0.3 is 0 Å². The Hall–Kier alpha value is -1.75. The lowest BCUT2D eigenvalue weighted by molar-refractivity contribution is -0.134. The molecular weight excluding hydrogens is 280 g/mol. The Morgan fingerprint density at radius 2 is 2.00 bits per heavy atom. The number of amides is 1. The minimum absolute atomic E-state index is 0.00240. The SMILES string of the molecule is CC[C@H](C)[C@H](N)C(=O)N(C)C(C)Cc1ccc2c(c1)OCO2. The van der Waals surface area contributed by atoms with Gasteiger partial charge in [-0.25, -0.2) is 0 Å². The molecule has 2 rings (SSSR count). The van der Waals surface area contributed by atoms with Gasteiger partial charge in [0.05, 0.1) is 6.04 Å². The van der Waals surface area contributed by atoms with E-state index in [2.05, 4.69) is 0 Å². The average Bonchev–Trinajstić information content (AvgIpc) is 2.99. The Bertz CT molecular complexity index is 533. The summed E-state index contributed by atoms with van der Waals surface area (Å²) in [5, 5.41) is 0. The number of rotatable bonds is 6. The summed E-state index contributed by atoms with van der Waals surface area (Å²) in [5.41, 5.74) is 7.17. The summed E-state index contributed by atoms with van der Waals surface area (Å²) in [6.45, 7) is 6.37. The van der Waals surface area contributed by atoms with Gasteiger partial charge in [0.25, 0.3) is 0 Å². The number of carbonyl (C=O) groups is 1. The average molecular weight is 306 g/mol. The molecule has 0 aromatic heterocycles. The van der Waals surface area contributed by atoms with Crippen molar-refractivity contribution in [1.29, 1.82) is 0 Å². The molecule has 0 saturated heterocycles. The van der Waals surface area contributed by atoms with Gasteiger partial charge in [0.15, 0.2) is 11.5 Å². The van der Waals surface area contributed by atoms with Crippen LogP contribution in [-0.2, 0) is 11.2 Å². The second-order valence-electron chi connectivity index (χ2n) is 6.10. The van der Waals surface area contributed by atoms with Gasteiger partial charge in [-0.2, -0.15) is 0 Å². The monoisotopic (exact) mass is 306 g/mol. The van der Waals surface area contributed by atoms with Crippen LogP contribution in [0.2, 0.25) is 0 Å². The molecule has 0 spiro atoms. The normalized spacial score (nSPS) is 17.0. The van der Waals surface area contributed by atoms with Crippen LogP contribution >= 0.6 is 0 Å². The number of ether oxygens (including phenoxy) is 2. The molecule has 3 atom stereocenters. The van der Waals surface area contributed by atoms with E-state index in [4.69, 9.17) is 15.2 Å². The van der Waals surface area contributed by atoms with Gasteiger partial charge in [0.1, 0.15) is 0 Å². The summed E-state index contributed by atoms with van der Waals surface area (Å²) < 4.78 is 10.7. The third-order valence-electron chi connectivity index (χ3n) is 4.52. The number of hydrogen-bond donors (Lipinski definition) is 1. The fraction of sp³-hybridized carbons (Fsp3) is 0.588. The van der Waals surface area contributed by atoms with E-state index < -0.39 is 6.04 Å². The molecule has 1 aromatic rings. The summed E-state index contributed by atoms with van der Waals surface area (Å²) in [7, 11) is 1.82. The fourth-order valence-corrected chi connectivity index (χ4v) is 2.50. The van der Waals surface area contributed by atoms with Gasteiger partial charge in [-0.3, -0.25) is 4.79 Å². The highest BCUT2D eigenvalue weighted by Crippen LogP contribution is 2.33. The molecule has 0 fully saturated rings. The predicted molar refractivity (Wildman–Crippen MR) is 85.9 cm³/mol. The maximum Gasteiger partial charge on any atom is 0.239 e. The van der Waals surface area contributed by atoms with Crippen LogP contribution in [0.15, 0.2) is 18.2 Å². The van der Waals surface area contributed by atoms with Gasteiger partial charge in [-0.1, -0.05) is 26.3 Å². The van der Waals surface area contributed by atoms with Crippen molar-refractivity contribution in [2.24, 2.45) is 11.7 Å². The van der Waals surface area contributed by atoms with Crippen LogP contribution in [-0.4, -0.2) is 36.7 Å². The van der Waals surface area contributed by atoms with E-state index in [1.807, 2.05) is 46.0 Å². The van der Waals surface area contributed by atoms with Gasteiger partial charge in [0, 0.05) is 13.1 Å². The number of nitrogens with two attached hydrogens (primary N) is 1. The predicted octanol–water partition coefficient (Wildman–Crippen LogP) is 2.18. The van der Waals surface area contributed by atoms with Crippen LogP contribution in [0, 0.1) is 5.92 Å². The van der Waals surface area contributed by atoms with Crippen LogP contribution < -0.4 is 15.2 Å². The molecule has 122 valence electrons. The number of likely N-dealkylation sites (N-methyl/N-ethyl adjacent to an activating group) is 1. The van der Waals surface area contributed by atoms with E-state index in [0.29, 0.717) is 0 Å². The summed E-state index contributed by atoms with van der Waals surface area (Å²) in [5.74, 6) is 1.74. The minimum Gasteiger partial charge on any atom is -0.454 e. The molecule has 0 aliphatic carbocycles. The maximum absolute atomic E-state index is 12.4. The van der Waals surface area contributed by atoms with Gasteiger partial charge < -0.3 is 20.1 Å². The van der Waals surface area contributed by atoms with Crippen molar-refractivity contribution in [3.63, 3.8) is 0 Å². The van der Waals surface area contributed by atoms with Crippen molar-refractivity contribution in [2.75, 3.05) is 13.8 Å². The zero-order chi connectivity index (χ0) is 16.3. The first kappa shape index (κ1) is 16.6. The Morgan fingerprint density at radius 1 is 1.32 bits per heavy atom. The van der Waals surface area contributed by atoms with Crippen molar-refractivity contribution in [3.8, 4) is 11.5 Å². The first-order valence-corrected chi connectivity index (χ1v) is 7.84. The second kappa shape index (κ2) is 7.01. The van der Waals surface area contributed by atoms with Gasteiger partial charge in [-0.05, 0) is 37.0 Å². The molecule has 0 radical (unpaired) electrons. The first-order chi connectivity index (χ1) is 10.4. The third-order valence-corrected chi connectivity index (χ3v) is 4.52. The van der Waals surface area contributed by atoms with Crippen molar-refractivity contribution in [2.45, 2.75) is 45.7 Å². The molecular formula is C17H26N2O3. The zero-order valence-electron chi connectivity index (χ0n) is 13.8. The molecule has 0 saturated carbocycles. The molecule has 1 unspecified atom stereocenters. The number of hydrogen-bond acceptors (Lipinski definition) is 4. The maximum atomic E-state index is 12.4. The van der Waals surface area contributed by atoms with Crippen molar-refractivity contribution in [1.82, 2.24) is 4.90 Å². The van der Waals surface area contributed by atoms with Crippen molar-refractivity contribution < 1.29 is 14.3 Å². The molecule has 1 aliphatic rings. The Labute approximate surface area is 132 Å².